The maximum Gasteiger partial charge on any atom is 0.419 e. The Bertz CT molecular complexity index is 608. The van der Waals surface area contributed by atoms with Gasteiger partial charge in [-0.05, 0) is 24.6 Å². The van der Waals surface area contributed by atoms with Crippen LogP contribution < -0.4 is 0 Å². The van der Waals surface area contributed by atoms with Crippen molar-refractivity contribution in [1.82, 2.24) is 4.90 Å². The number of carbonyl (C=O) groups excluding carboxylic acids is 1. The second kappa shape index (κ2) is 4.94. The van der Waals surface area contributed by atoms with Crippen molar-refractivity contribution >= 4 is 63.5 Å². The van der Waals surface area contributed by atoms with Crippen molar-refractivity contribution in [2.24, 2.45) is 0 Å². The lowest BCUT2D eigenvalue weighted by Crippen LogP contribution is -2.39. The Morgan fingerprint density at radius 3 is 2.58 bits per heavy atom. The van der Waals surface area contributed by atoms with Crippen molar-refractivity contribution in [3.63, 3.8) is 0 Å². The number of thioether (sulfide) groups is 1. The molecule has 0 aliphatic carbocycles. The molecule has 4 nitrogen and oxygen atoms in total. The van der Waals surface area contributed by atoms with Gasteiger partial charge in [0.2, 0.25) is 0 Å². The van der Waals surface area contributed by atoms with Gasteiger partial charge in [-0.15, -0.1) is 0 Å². The minimum Gasteiger partial charge on any atom is -0.464 e. The van der Waals surface area contributed by atoms with Crippen LogP contribution in [0.5, 0.6) is 0 Å². The van der Waals surface area contributed by atoms with Gasteiger partial charge in [-0.1, -0.05) is 53.2 Å². The molecule has 0 bridgehead atoms. The average Bonchev–Trinajstić information content (AvgIpc) is 2.49. The molecule has 1 aromatic rings. The monoisotopic (exact) mass is 335 g/mol. The Morgan fingerprint density at radius 2 is 2.11 bits per heavy atom. The summed E-state index contributed by atoms with van der Waals surface area (Å²) in [6.07, 6.45) is -1.39. The normalized spacial score (nSPS) is 23.0. The first kappa shape index (κ1) is 14.6. The third kappa shape index (κ3) is 2.33. The summed E-state index contributed by atoms with van der Waals surface area (Å²) >= 11 is 17.8. The summed E-state index contributed by atoms with van der Waals surface area (Å²) in [5, 5.41) is 9.73. The topological polar surface area (TPSA) is 57.6 Å². The number of imide groups is 1. The quantitative estimate of drug-likeness (QED) is 0.792. The van der Waals surface area contributed by atoms with Gasteiger partial charge in [-0.3, -0.25) is 4.79 Å². The second-order valence-corrected chi connectivity index (χ2v) is 6.84. The summed E-state index contributed by atoms with van der Waals surface area (Å²) < 4.78 is -1.16. The zero-order valence-corrected chi connectivity index (χ0v) is 12.7. The average molecular weight is 336 g/mol. The highest BCUT2D eigenvalue weighted by Crippen LogP contribution is 2.47. The van der Waals surface area contributed by atoms with Gasteiger partial charge >= 0.3 is 6.09 Å². The van der Waals surface area contributed by atoms with Crippen molar-refractivity contribution in [1.29, 1.82) is 0 Å². The number of nitrogens with zero attached hydrogens (tertiary/aromatic N) is 1. The zero-order valence-electron chi connectivity index (χ0n) is 9.52. The number of halogens is 2. The van der Waals surface area contributed by atoms with Crippen LogP contribution in [0.1, 0.15) is 12.5 Å². The Balaban J connectivity index is 2.52. The Kier molecular flexibility index (Phi) is 3.79. The lowest BCUT2D eigenvalue weighted by molar-refractivity contribution is -0.127. The maximum atomic E-state index is 12.3. The molecule has 19 heavy (non-hydrogen) atoms. The largest absolute Gasteiger partial charge is 0.464 e. The molecular weight excluding hydrogens is 329 g/mol. The van der Waals surface area contributed by atoms with Crippen LogP contribution in [0.3, 0.4) is 0 Å². The van der Waals surface area contributed by atoms with E-state index in [0.29, 0.717) is 20.5 Å². The van der Waals surface area contributed by atoms with Gasteiger partial charge in [-0.25, -0.2) is 4.79 Å². The standard InChI is InChI=1S/C11H7Cl2NO3S2/c1-11(6-3-2-5(12)4-7(6)13)8(15)14(9(16)17)10(18)19-11/h2-4H,1H3,(H,16,17). The van der Waals surface area contributed by atoms with E-state index in [1.54, 1.807) is 19.1 Å². The molecule has 0 radical (unpaired) electrons. The lowest BCUT2D eigenvalue weighted by atomic mass is 9.99. The molecule has 0 saturated carbocycles. The number of carbonyl (C=O) groups is 2. The van der Waals surface area contributed by atoms with Crippen LogP contribution in [0, 0.1) is 0 Å². The van der Waals surface area contributed by atoms with E-state index in [1.165, 1.54) is 6.07 Å². The van der Waals surface area contributed by atoms with Gasteiger partial charge in [0.1, 0.15) is 4.75 Å². The summed E-state index contributed by atoms with van der Waals surface area (Å²) in [6, 6.07) is 4.70. The van der Waals surface area contributed by atoms with Crippen LogP contribution in [0.4, 0.5) is 4.79 Å². The smallest absolute Gasteiger partial charge is 0.419 e. The second-order valence-electron chi connectivity index (χ2n) is 3.95. The molecule has 1 aliphatic rings. The number of carboxylic acid groups (broad SMARTS) is 1. The van der Waals surface area contributed by atoms with Crippen LogP contribution >= 0.6 is 47.2 Å². The van der Waals surface area contributed by atoms with Crippen molar-refractivity contribution in [2.45, 2.75) is 11.7 Å². The molecule has 1 aromatic carbocycles. The number of amides is 2. The van der Waals surface area contributed by atoms with Gasteiger partial charge in [0.25, 0.3) is 5.91 Å². The fourth-order valence-corrected chi connectivity index (χ4v) is 4.15. The van der Waals surface area contributed by atoms with E-state index in [1.807, 2.05) is 0 Å². The molecule has 2 rings (SSSR count). The summed E-state index contributed by atoms with van der Waals surface area (Å²) in [6.45, 7) is 1.59. The van der Waals surface area contributed by atoms with Crippen molar-refractivity contribution < 1.29 is 14.7 Å². The zero-order chi connectivity index (χ0) is 14.4. The predicted octanol–water partition coefficient (Wildman–Crippen LogP) is 3.75. The molecule has 1 fully saturated rings. The fraction of sp³-hybridized carbons (Fsp3) is 0.182. The molecule has 0 aromatic heterocycles. The van der Waals surface area contributed by atoms with Crippen LogP contribution in [0.2, 0.25) is 10.0 Å². The van der Waals surface area contributed by atoms with Crippen LogP contribution in [0.15, 0.2) is 18.2 Å². The summed E-state index contributed by atoms with van der Waals surface area (Å²) in [4.78, 5) is 23.9. The van der Waals surface area contributed by atoms with E-state index in [0.717, 1.165) is 11.8 Å². The highest BCUT2D eigenvalue weighted by molar-refractivity contribution is 8.24. The molecule has 1 aliphatic heterocycles. The van der Waals surface area contributed by atoms with Crippen LogP contribution in [-0.2, 0) is 9.54 Å². The first-order chi connectivity index (χ1) is 8.77. The molecule has 1 unspecified atom stereocenters. The molecule has 1 N–H and O–H groups in total. The van der Waals surface area contributed by atoms with Gasteiger partial charge in [0.05, 0.1) is 0 Å². The lowest BCUT2D eigenvalue weighted by Gasteiger charge is -2.21. The number of thiocarbonyl (C=S) groups is 1. The minimum absolute atomic E-state index is 0.00832. The maximum absolute atomic E-state index is 12.3. The van der Waals surface area contributed by atoms with Crippen LogP contribution in [0.25, 0.3) is 0 Å². The number of hydrogen-bond acceptors (Lipinski definition) is 4. The van der Waals surface area contributed by atoms with Crippen molar-refractivity contribution in [3.05, 3.63) is 33.8 Å². The van der Waals surface area contributed by atoms with Gasteiger partial charge in [-0.2, -0.15) is 4.90 Å². The van der Waals surface area contributed by atoms with Gasteiger partial charge < -0.3 is 5.11 Å². The minimum atomic E-state index is -1.39. The summed E-state index contributed by atoms with van der Waals surface area (Å²) in [5.74, 6) is -0.626. The highest BCUT2D eigenvalue weighted by atomic mass is 35.5. The summed E-state index contributed by atoms with van der Waals surface area (Å²) in [7, 11) is 0. The predicted molar refractivity (Wildman–Crippen MR) is 78.9 cm³/mol. The number of hydrogen-bond donors (Lipinski definition) is 1. The number of benzene rings is 1. The molecule has 8 heteroatoms. The van der Waals surface area contributed by atoms with E-state index in [2.05, 4.69) is 0 Å². The Hall–Kier alpha value is -0.820. The van der Waals surface area contributed by atoms with Crippen molar-refractivity contribution in [3.8, 4) is 0 Å². The Labute approximate surface area is 128 Å². The van der Waals surface area contributed by atoms with Crippen molar-refractivity contribution in [2.75, 3.05) is 0 Å². The molecule has 2 amide bonds. The van der Waals surface area contributed by atoms with E-state index in [-0.39, 0.29) is 4.32 Å². The van der Waals surface area contributed by atoms with E-state index in [4.69, 9.17) is 40.5 Å². The Morgan fingerprint density at radius 1 is 1.47 bits per heavy atom. The molecule has 0 spiro atoms. The van der Waals surface area contributed by atoms with E-state index >= 15 is 0 Å². The first-order valence-corrected chi connectivity index (χ1v) is 7.01. The molecular formula is C11H7Cl2NO3S2. The SMILES string of the molecule is CC1(c2ccc(Cl)cc2Cl)SC(=S)N(C(=O)O)C1=O. The first-order valence-electron chi connectivity index (χ1n) is 5.03. The van der Waals surface area contributed by atoms with E-state index in [9.17, 15) is 9.59 Å². The third-order valence-electron chi connectivity index (χ3n) is 2.72. The molecule has 1 atom stereocenters. The molecule has 1 saturated heterocycles. The van der Waals surface area contributed by atoms with Gasteiger partial charge in [0.15, 0.2) is 4.32 Å². The highest BCUT2D eigenvalue weighted by Gasteiger charge is 2.52. The van der Waals surface area contributed by atoms with Gasteiger partial charge in [0, 0.05) is 10.0 Å². The fourth-order valence-electron chi connectivity index (χ4n) is 1.77. The molecule has 100 valence electrons. The van der Waals surface area contributed by atoms with E-state index < -0.39 is 16.7 Å². The summed E-state index contributed by atoms with van der Waals surface area (Å²) in [5.41, 5.74) is 0.486. The molecule has 1 heterocycles. The number of rotatable bonds is 1. The third-order valence-corrected chi connectivity index (χ3v) is 4.86. The van der Waals surface area contributed by atoms with Crippen LogP contribution in [-0.4, -0.2) is 26.3 Å².